The molecule has 0 saturated carbocycles. The summed E-state index contributed by atoms with van der Waals surface area (Å²) < 4.78 is 32.5. The van der Waals surface area contributed by atoms with Crippen molar-refractivity contribution in [2.75, 3.05) is 19.7 Å². The maximum Gasteiger partial charge on any atom is 0.239 e. The van der Waals surface area contributed by atoms with Crippen molar-refractivity contribution < 1.29 is 17.9 Å². The van der Waals surface area contributed by atoms with Gasteiger partial charge in [-0.2, -0.15) is 9.57 Å². The van der Waals surface area contributed by atoms with E-state index in [1.807, 2.05) is 19.1 Å². The lowest BCUT2D eigenvalue weighted by molar-refractivity contribution is -0.126. The molecular formula is C22H29N3O4S. The van der Waals surface area contributed by atoms with Crippen LogP contribution in [0, 0.1) is 17.2 Å². The summed E-state index contributed by atoms with van der Waals surface area (Å²) in [5.74, 6) is 0.237. The van der Waals surface area contributed by atoms with Crippen LogP contribution in [-0.4, -0.2) is 38.3 Å². The smallest absolute Gasteiger partial charge is 0.239 e. The third-order valence-corrected chi connectivity index (χ3v) is 7.04. The number of amides is 1. The largest absolute Gasteiger partial charge is 0.494 e. The molecule has 1 aliphatic heterocycles. The fourth-order valence-electron chi connectivity index (χ4n) is 3.24. The molecule has 1 heterocycles. The van der Waals surface area contributed by atoms with E-state index in [1.165, 1.54) is 10.4 Å². The molecule has 1 aromatic carbocycles. The highest BCUT2D eigenvalue weighted by Crippen LogP contribution is 2.24. The fourth-order valence-corrected chi connectivity index (χ4v) is 4.61. The van der Waals surface area contributed by atoms with E-state index in [9.17, 15) is 13.2 Å². The summed E-state index contributed by atoms with van der Waals surface area (Å²) in [6, 6.07) is 9.11. The molecule has 7 nitrogen and oxygen atoms in total. The first-order chi connectivity index (χ1) is 14.3. The molecule has 0 aromatic heterocycles. The summed E-state index contributed by atoms with van der Waals surface area (Å²) >= 11 is 0. The third-order valence-electron chi connectivity index (χ3n) is 5.06. The minimum atomic E-state index is -3.58. The molecule has 162 valence electrons. The van der Waals surface area contributed by atoms with Crippen LogP contribution in [0.4, 0.5) is 0 Å². The molecular weight excluding hydrogens is 402 g/mol. The summed E-state index contributed by atoms with van der Waals surface area (Å²) in [6.45, 7) is 6.67. The Bertz CT molecular complexity index is 936. The highest BCUT2D eigenvalue weighted by molar-refractivity contribution is 7.93. The zero-order chi connectivity index (χ0) is 22.1. The van der Waals surface area contributed by atoms with Crippen LogP contribution in [0.5, 0.6) is 0 Å². The number of nitrogens with one attached hydrogen (secondary N) is 1. The van der Waals surface area contributed by atoms with Gasteiger partial charge in [0.2, 0.25) is 15.9 Å². The summed E-state index contributed by atoms with van der Waals surface area (Å²) in [6.07, 6.45) is 4.23. The van der Waals surface area contributed by atoms with Gasteiger partial charge in [-0.05, 0) is 63.5 Å². The molecule has 0 unspecified atom stereocenters. The van der Waals surface area contributed by atoms with Gasteiger partial charge in [-0.3, -0.25) is 4.79 Å². The summed E-state index contributed by atoms with van der Waals surface area (Å²) in [7, 11) is -3.58. The van der Waals surface area contributed by atoms with E-state index in [0.717, 1.165) is 5.56 Å². The molecule has 30 heavy (non-hydrogen) atoms. The molecule has 0 atom stereocenters. The van der Waals surface area contributed by atoms with E-state index < -0.39 is 10.0 Å². The minimum absolute atomic E-state index is 0.0729. The first-order valence-electron chi connectivity index (χ1n) is 10.1. The summed E-state index contributed by atoms with van der Waals surface area (Å²) in [5, 5.41) is 11.7. The molecule has 2 rings (SSSR count). The normalized spacial score (nSPS) is 16.7. The van der Waals surface area contributed by atoms with Gasteiger partial charge in [-0.25, -0.2) is 8.42 Å². The number of carbonyl (C=O) groups excluding carboxylic acids is 1. The van der Waals surface area contributed by atoms with Crippen molar-refractivity contribution in [1.82, 2.24) is 9.62 Å². The molecule has 0 spiro atoms. The standard InChI is InChI=1S/C22H29N3O4S/c1-4-21(29-5-2)14-17(3)30(27,28)25-12-10-20(11-13-25)22(26)24-16-19-8-6-18(15-23)7-9-19/h4,6-9,14,20H,5,10-13,16H2,1-3H3,(H,24,26)/b17-14+,21-4+. The quantitative estimate of drug-likeness (QED) is 0.504. The summed E-state index contributed by atoms with van der Waals surface area (Å²) in [4.78, 5) is 12.7. The van der Waals surface area contributed by atoms with Crippen molar-refractivity contribution in [2.24, 2.45) is 5.92 Å². The monoisotopic (exact) mass is 431 g/mol. The van der Waals surface area contributed by atoms with Crippen LogP contribution in [0.15, 0.2) is 47.1 Å². The number of carbonyl (C=O) groups is 1. The number of allylic oxidation sites excluding steroid dienone is 3. The van der Waals surface area contributed by atoms with E-state index in [1.54, 1.807) is 32.1 Å². The Labute approximate surface area is 179 Å². The van der Waals surface area contributed by atoms with Crippen molar-refractivity contribution in [2.45, 2.75) is 40.2 Å². The Kier molecular flexibility index (Phi) is 8.63. The van der Waals surface area contributed by atoms with Crippen LogP contribution in [0.2, 0.25) is 0 Å². The molecule has 0 radical (unpaired) electrons. The Morgan fingerprint density at radius 1 is 1.30 bits per heavy atom. The third kappa shape index (κ3) is 6.18. The van der Waals surface area contributed by atoms with Gasteiger partial charge in [0.05, 0.1) is 23.1 Å². The molecule has 8 heteroatoms. The lowest BCUT2D eigenvalue weighted by Crippen LogP contribution is -2.43. The van der Waals surface area contributed by atoms with Crippen molar-refractivity contribution in [3.05, 3.63) is 58.2 Å². The predicted molar refractivity (Wildman–Crippen MR) is 115 cm³/mol. The predicted octanol–water partition coefficient (Wildman–Crippen LogP) is 3.06. The minimum Gasteiger partial charge on any atom is -0.494 e. The average Bonchev–Trinajstić information content (AvgIpc) is 2.77. The fraction of sp³-hybridized carbons (Fsp3) is 0.455. The Morgan fingerprint density at radius 3 is 2.47 bits per heavy atom. The number of nitriles is 1. The number of hydrogen-bond acceptors (Lipinski definition) is 5. The number of hydrogen-bond donors (Lipinski definition) is 1. The van der Waals surface area contributed by atoms with Crippen molar-refractivity contribution in [3.63, 3.8) is 0 Å². The highest BCUT2D eigenvalue weighted by atomic mass is 32.2. The van der Waals surface area contributed by atoms with Gasteiger partial charge >= 0.3 is 0 Å². The van der Waals surface area contributed by atoms with Crippen molar-refractivity contribution in [3.8, 4) is 6.07 Å². The molecule has 0 aliphatic carbocycles. The lowest BCUT2D eigenvalue weighted by Gasteiger charge is -2.30. The topological polar surface area (TPSA) is 99.5 Å². The molecule has 1 saturated heterocycles. The maximum atomic E-state index is 12.8. The Balaban J connectivity index is 1.90. The van der Waals surface area contributed by atoms with E-state index in [-0.39, 0.29) is 16.7 Å². The molecule has 1 aliphatic rings. The number of ether oxygens (including phenoxy) is 1. The van der Waals surface area contributed by atoms with Crippen LogP contribution in [0.3, 0.4) is 0 Å². The second-order valence-electron chi connectivity index (χ2n) is 7.08. The molecule has 1 fully saturated rings. The maximum absolute atomic E-state index is 12.8. The van der Waals surface area contributed by atoms with E-state index >= 15 is 0 Å². The van der Waals surface area contributed by atoms with Crippen LogP contribution in [0.1, 0.15) is 44.7 Å². The van der Waals surface area contributed by atoms with Gasteiger partial charge in [0, 0.05) is 25.6 Å². The number of benzene rings is 1. The first kappa shape index (κ1) is 23.6. The van der Waals surface area contributed by atoms with E-state index in [2.05, 4.69) is 11.4 Å². The van der Waals surface area contributed by atoms with E-state index in [4.69, 9.17) is 10.00 Å². The second-order valence-corrected chi connectivity index (χ2v) is 9.19. The average molecular weight is 432 g/mol. The van der Waals surface area contributed by atoms with Crippen LogP contribution >= 0.6 is 0 Å². The lowest BCUT2D eigenvalue weighted by atomic mass is 9.97. The SMILES string of the molecule is C/C=C(\C=C(/C)S(=O)(=O)N1CCC(C(=O)NCc2ccc(C#N)cc2)CC1)OCC. The van der Waals surface area contributed by atoms with Crippen LogP contribution in [-0.2, 0) is 26.1 Å². The van der Waals surface area contributed by atoms with Crippen molar-refractivity contribution in [1.29, 1.82) is 5.26 Å². The number of nitrogens with zero attached hydrogens (tertiary/aromatic N) is 2. The summed E-state index contributed by atoms with van der Waals surface area (Å²) in [5.41, 5.74) is 1.49. The van der Waals surface area contributed by atoms with E-state index in [0.29, 0.717) is 50.4 Å². The van der Waals surface area contributed by atoms with Crippen molar-refractivity contribution >= 4 is 15.9 Å². The van der Waals surface area contributed by atoms with Gasteiger partial charge in [0.1, 0.15) is 5.76 Å². The van der Waals surface area contributed by atoms with Gasteiger partial charge in [-0.15, -0.1) is 0 Å². The Hall–Kier alpha value is -2.63. The first-order valence-corrected chi connectivity index (χ1v) is 11.5. The Morgan fingerprint density at radius 2 is 1.93 bits per heavy atom. The highest BCUT2D eigenvalue weighted by Gasteiger charge is 2.32. The van der Waals surface area contributed by atoms with Crippen LogP contribution < -0.4 is 5.32 Å². The zero-order valence-electron chi connectivity index (χ0n) is 17.7. The molecule has 1 N–H and O–H groups in total. The van der Waals surface area contributed by atoms with Gasteiger partial charge in [0.25, 0.3) is 0 Å². The second kappa shape index (κ2) is 11.0. The van der Waals surface area contributed by atoms with Gasteiger partial charge < -0.3 is 10.1 Å². The van der Waals surface area contributed by atoms with Gasteiger partial charge in [-0.1, -0.05) is 12.1 Å². The number of rotatable bonds is 8. The number of sulfonamides is 1. The number of piperidine rings is 1. The van der Waals surface area contributed by atoms with Gasteiger partial charge in [0.15, 0.2) is 0 Å². The molecule has 1 amide bonds. The molecule has 1 aromatic rings. The van der Waals surface area contributed by atoms with Crippen LogP contribution in [0.25, 0.3) is 0 Å². The molecule has 0 bridgehead atoms. The zero-order valence-corrected chi connectivity index (χ0v) is 18.5.